The van der Waals surface area contributed by atoms with Crippen LogP contribution in [0.3, 0.4) is 0 Å². The Hall–Kier alpha value is -4.32. The predicted molar refractivity (Wildman–Crippen MR) is 171 cm³/mol. The molecule has 6 rings (SSSR count). The van der Waals surface area contributed by atoms with E-state index in [9.17, 15) is 14.5 Å². The average Bonchev–Trinajstić information content (AvgIpc) is 3.70. The maximum absolute atomic E-state index is 16.5. The lowest BCUT2D eigenvalue weighted by molar-refractivity contribution is -0.149. The number of hydrogen-bond acceptors (Lipinski definition) is 12. The van der Waals surface area contributed by atoms with Crippen molar-refractivity contribution >= 4 is 47.4 Å². The highest BCUT2D eigenvalue weighted by atomic mass is 31.2. The molecule has 5 N–H and O–H groups in total. The summed E-state index contributed by atoms with van der Waals surface area (Å²) in [7, 11) is -4.45. The molecular weight excluding hydrogens is 632 g/mol. The summed E-state index contributed by atoms with van der Waals surface area (Å²) in [6, 6.07) is 11.4. The van der Waals surface area contributed by atoms with E-state index in [0.29, 0.717) is 16.7 Å². The molecule has 16 heteroatoms. The minimum absolute atomic E-state index is 0.0892. The van der Waals surface area contributed by atoms with E-state index in [1.807, 2.05) is 24.1 Å². The number of esters is 1. The fraction of sp³-hybridized carbons (Fsp3) is 0.419. The summed E-state index contributed by atoms with van der Waals surface area (Å²) < 4.78 is 54.8. The topological polar surface area (TPSA) is 185 Å². The summed E-state index contributed by atoms with van der Waals surface area (Å²) in [6.45, 7) is 4.11. The zero-order valence-corrected chi connectivity index (χ0v) is 26.8. The molecule has 0 radical (unpaired) electrons. The van der Waals surface area contributed by atoms with Gasteiger partial charge in [0.1, 0.15) is 24.0 Å². The Labute approximate surface area is 269 Å². The Bertz CT molecular complexity index is 1890. The van der Waals surface area contributed by atoms with Gasteiger partial charge in [0.2, 0.25) is 11.6 Å². The van der Waals surface area contributed by atoms with Crippen molar-refractivity contribution < 1.29 is 37.4 Å². The number of nitrogens with zero attached hydrogens (tertiary/aromatic N) is 4. The Balaban J connectivity index is 1.28. The molecule has 2 aliphatic rings. The molecule has 6 atom stereocenters. The van der Waals surface area contributed by atoms with E-state index < -0.39 is 56.6 Å². The van der Waals surface area contributed by atoms with Crippen LogP contribution in [0.1, 0.15) is 39.8 Å². The Morgan fingerprint density at radius 2 is 2.00 bits per heavy atom. The first kappa shape index (κ1) is 32.6. The van der Waals surface area contributed by atoms with E-state index in [1.54, 1.807) is 38.1 Å². The van der Waals surface area contributed by atoms with Gasteiger partial charge in [-0.3, -0.25) is 13.9 Å². The van der Waals surface area contributed by atoms with Crippen LogP contribution in [0.5, 0.6) is 5.75 Å². The molecule has 248 valence electrons. The largest absolute Gasteiger partial charge is 0.462 e. The molecule has 4 aromatic rings. The van der Waals surface area contributed by atoms with Gasteiger partial charge in [-0.15, -0.1) is 6.42 Å². The van der Waals surface area contributed by atoms with Gasteiger partial charge < -0.3 is 30.2 Å². The number of ether oxygens (including phenoxy) is 2. The van der Waals surface area contributed by atoms with Crippen LogP contribution in [0.25, 0.3) is 21.9 Å². The van der Waals surface area contributed by atoms with E-state index in [4.69, 9.17) is 30.7 Å². The van der Waals surface area contributed by atoms with Gasteiger partial charge in [-0.05, 0) is 45.1 Å². The number of hydrogen-bond donors (Lipinski definition) is 4. The van der Waals surface area contributed by atoms with E-state index in [2.05, 4.69) is 25.4 Å². The predicted octanol–water partition coefficient (Wildman–Crippen LogP) is 3.87. The van der Waals surface area contributed by atoms with Crippen LogP contribution in [0.15, 0.2) is 48.8 Å². The standard InChI is InChI=1S/C31H35FN7O7P/c1-5-31(32)25(40)23(45-29(31)39-16-34-24-26(35-20-13-14-20)36-30(33)37-27(24)39)15-43-47(42,38-18(4)28(41)44-17(2)3)46-22-12-8-10-19-9-6-7-11-21(19)22/h1,6-12,16-18,20,23,25,29,40H,13-15H2,2-4H3,(H,38,42)(H3,33,35,36,37)/t18-,23+,25+,29+,31+,47?/m0/s1. The number of benzene rings is 2. The lowest BCUT2D eigenvalue weighted by atomic mass is 9.97. The van der Waals surface area contributed by atoms with Crippen LogP contribution in [0, 0.1) is 12.3 Å². The minimum Gasteiger partial charge on any atom is -0.462 e. The summed E-state index contributed by atoms with van der Waals surface area (Å²) in [6.07, 6.45) is 3.32. The van der Waals surface area contributed by atoms with Crippen molar-refractivity contribution in [1.82, 2.24) is 24.6 Å². The van der Waals surface area contributed by atoms with Crippen molar-refractivity contribution in [3.05, 3.63) is 48.8 Å². The monoisotopic (exact) mass is 667 g/mol. The van der Waals surface area contributed by atoms with Gasteiger partial charge in [0, 0.05) is 11.4 Å². The number of imidazole rings is 1. The number of aromatic nitrogens is 4. The quantitative estimate of drug-likeness (QED) is 0.0971. The number of fused-ring (bicyclic) bond motifs is 2. The fourth-order valence-electron chi connectivity index (χ4n) is 5.23. The first-order chi connectivity index (χ1) is 22.4. The SMILES string of the molecule is C#C[C@@]1(F)[C@H](O)[C@@H](COP(=O)(N[C@@H](C)C(=O)OC(C)C)Oc2cccc3ccccc23)O[C@H]1n1cnc2c(NC3CC3)nc(N)nc21. The molecule has 1 saturated heterocycles. The number of carbonyl (C=O) groups is 1. The molecule has 2 fully saturated rings. The molecule has 47 heavy (non-hydrogen) atoms. The summed E-state index contributed by atoms with van der Waals surface area (Å²) in [5.41, 5.74) is 3.59. The van der Waals surface area contributed by atoms with E-state index in [-0.39, 0.29) is 23.4 Å². The first-order valence-corrected chi connectivity index (χ1v) is 16.6. The number of nitrogens with two attached hydrogens (primary N) is 1. The average molecular weight is 668 g/mol. The maximum Gasteiger partial charge on any atom is 0.459 e. The van der Waals surface area contributed by atoms with E-state index in [1.165, 1.54) is 17.8 Å². The third-order valence-electron chi connectivity index (χ3n) is 7.71. The number of aliphatic hydroxyl groups is 1. The van der Waals surface area contributed by atoms with Crippen LogP contribution in [-0.4, -0.2) is 73.3 Å². The molecule has 2 aromatic carbocycles. The highest BCUT2D eigenvalue weighted by Gasteiger charge is 2.58. The fourth-order valence-corrected chi connectivity index (χ4v) is 6.75. The zero-order valence-electron chi connectivity index (χ0n) is 25.9. The molecule has 1 aliphatic heterocycles. The highest BCUT2D eigenvalue weighted by molar-refractivity contribution is 7.52. The maximum atomic E-state index is 16.5. The number of rotatable bonds is 12. The Morgan fingerprint density at radius 1 is 1.26 bits per heavy atom. The van der Waals surface area contributed by atoms with Crippen molar-refractivity contribution in [3.8, 4) is 18.1 Å². The molecule has 2 aromatic heterocycles. The normalized spacial score (nSPS) is 24.6. The van der Waals surface area contributed by atoms with Crippen LogP contribution in [0.4, 0.5) is 16.2 Å². The second kappa shape index (κ2) is 12.7. The molecule has 0 bridgehead atoms. The number of halogens is 1. The number of terminal acetylenes is 1. The van der Waals surface area contributed by atoms with Crippen molar-refractivity contribution in [3.63, 3.8) is 0 Å². The number of carbonyl (C=O) groups excluding carboxylic acids is 1. The van der Waals surface area contributed by atoms with Crippen LogP contribution >= 0.6 is 7.75 Å². The van der Waals surface area contributed by atoms with E-state index >= 15 is 4.39 Å². The Morgan fingerprint density at radius 3 is 2.72 bits per heavy atom. The smallest absolute Gasteiger partial charge is 0.459 e. The van der Waals surface area contributed by atoms with Gasteiger partial charge in [0.05, 0.1) is 19.0 Å². The number of alkyl halides is 1. The van der Waals surface area contributed by atoms with Crippen molar-refractivity contribution in [2.45, 2.75) is 75.9 Å². The van der Waals surface area contributed by atoms with Gasteiger partial charge in [-0.25, -0.2) is 13.9 Å². The molecule has 1 aliphatic carbocycles. The summed E-state index contributed by atoms with van der Waals surface area (Å²) in [4.78, 5) is 25.4. The molecule has 1 saturated carbocycles. The van der Waals surface area contributed by atoms with Crippen LogP contribution in [0.2, 0.25) is 0 Å². The molecule has 1 unspecified atom stereocenters. The minimum atomic E-state index is -4.45. The van der Waals surface area contributed by atoms with Gasteiger partial charge in [-0.2, -0.15) is 15.1 Å². The molecule has 0 spiro atoms. The zero-order chi connectivity index (χ0) is 33.5. The van der Waals surface area contributed by atoms with E-state index in [0.717, 1.165) is 18.2 Å². The van der Waals surface area contributed by atoms with Gasteiger partial charge in [-0.1, -0.05) is 42.3 Å². The number of nitrogens with one attached hydrogen (secondary N) is 2. The van der Waals surface area contributed by atoms with Gasteiger partial charge in [0.25, 0.3) is 0 Å². The first-order valence-electron chi connectivity index (χ1n) is 15.1. The molecule has 3 heterocycles. The third kappa shape index (κ3) is 6.60. The number of nitrogen functional groups attached to an aromatic ring is 1. The lowest BCUT2D eigenvalue weighted by Gasteiger charge is -2.25. The summed E-state index contributed by atoms with van der Waals surface area (Å²) in [5, 5.41) is 18.4. The molecule has 0 amide bonds. The van der Waals surface area contributed by atoms with Gasteiger partial charge >= 0.3 is 13.7 Å². The lowest BCUT2D eigenvalue weighted by Crippen LogP contribution is -2.42. The third-order valence-corrected chi connectivity index (χ3v) is 9.34. The van der Waals surface area contributed by atoms with Crippen molar-refractivity contribution in [1.29, 1.82) is 0 Å². The highest BCUT2D eigenvalue weighted by Crippen LogP contribution is 2.49. The number of aliphatic hydroxyl groups excluding tert-OH is 1. The molecular formula is C31H35FN7O7P. The summed E-state index contributed by atoms with van der Waals surface area (Å²) >= 11 is 0. The summed E-state index contributed by atoms with van der Waals surface area (Å²) in [5.74, 6) is 1.77. The van der Waals surface area contributed by atoms with Crippen LogP contribution in [-0.2, 0) is 23.4 Å². The van der Waals surface area contributed by atoms with Crippen molar-refractivity contribution in [2.75, 3.05) is 17.7 Å². The molecule has 14 nitrogen and oxygen atoms in total. The Kier molecular flexibility index (Phi) is 8.82. The van der Waals surface area contributed by atoms with Gasteiger partial charge in [0.15, 0.2) is 23.2 Å². The van der Waals surface area contributed by atoms with Crippen molar-refractivity contribution in [2.24, 2.45) is 0 Å². The second-order valence-electron chi connectivity index (χ2n) is 11.8. The van der Waals surface area contributed by atoms with Crippen LogP contribution < -0.4 is 20.7 Å². The second-order valence-corrected chi connectivity index (χ2v) is 13.4. The number of anilines is 2.